The van der Waals surface area contributed by atoms with Gasteiger partial charge in [0.2, 0.25) is 5.88 Å². The number of aryl methyl sites for hydroxylation is 1. The fourth-order valence-electron chi connectivity index (χ4n) is 3.74. The molecular formula is C27H21BrN2O4. The number of ether oxygens (including phenoxy) is 3. The molecule has 0 aliphatic carbocycles. The molecule has 0 aromatic heterocycles. The van der Waals surface area contributed by atoms with Gasteiger partial charge in [-0.25, -0.2) is 4.79 Å². The molecule has 1 aliphatic rings. The monoisotopic (exact) mass is 516 g/mol. The molecule has 0 saturated carbocycles. The fourth-order valence-corrected chi connectivity index (χ4v) is 4.12. The minimum Gasteiger partial charge on any atom is -0.496 e. The first kappa shape index (κ1) is 23.1. The number of benzene rings is 3. The average molecular weight is 517 g/mol. The zero-order valence-corrected chi connectivity index (χ0v) is 20.1. The number of rotatable bonds is 5. The second-order valence-corrected chi connectivity index (χ2v) is 8.59. The van der Waals surface area contributed by atoms with Crippen LogP contribution in [0.1, 0.15) is 28.2 Å². The van der Waals surface area contributed by atoms with E-state index in [9.17, 15) is 10.1 Å². The number of methoxy groups -OCH3 is 1. The molecule has 3 aromatic carbocycles. The molecule has 1 heterocycles. The van der Waals surface area contributed by atoms with Gasteiger partial charge in [0.05, 0.1) is 13.0 Å². The predicted octanol–water partition coefficient (Wildman–Crippen LogP) is 5.60. The third kappa shape index (κ3) is 4.82. The predicted molar refractivity (Wildman–Crippen MR) is 132 cm³/mol. The Hall–Kier alpha value is -4.02. The fraction of sp³-hybridized carbons (Fsp3) is 0.111. The van der Waals surface area contributed by atoms with E-state index in [1.54, 1.807) is 31.4 Å². The van der Waals surface area contributed by atoms with E-state index in [0.717, 1.165) is 21.2 Å². The molecule has 6 nitrogen and oxygen atoms in total. The largest absolute Gasteiger partial charge is 0.496 e. The van der Waals surface area contributed by atoms with E-state index in [4.69, 9.17) is 19.9 Å². The van der Waals surface area contributed by atoms with Crippen LogP contribution in [0.25, 0.3) is 6.08 Å². The van der Waals surface area contributed by atoms with Crippen LogP contribution in [-0.4, -0.2) is 13.1 Å². The smallest absolute Gasteiger partial charge is 0.336 e. The zero-order chi connectivity index (χ0) is 24.2. The maximum Gasteiger partial charge on any atom is 0.336 e. The number of nitriles is 1. The molecule has 2 N–H and O–H groups in total. The molecule has 3 aromatic rings. The number of allylic oxidation sites excluding steroid dienone is 1. The Morgan fingerprint density at radius 1 is 1.12 bits per heavy atom. The van der Waals surface area contributed by atoms with Crippen molar-refractivity contribution in [3.8, 4) is 23.3 Å². The topological polar surface area (TPSA) is 94.6 Å². The number of hydrogen-bond donors (Lipinski definition) is 1. The van der Waals surface area contributed by atoms with Crippen LogP contribution in [0, 0.1) is 18.3 Å². The highest BCUT2D eigenvalue weighted by Gasteiger charge is 2.33. The number of fused-ring (bicyclic) bond motifs is 1. The molecule has 34 heavy (non-hydrogen) atoms. The van der Waals surface area contributed by atoms with Crippen LogP contribution in [0.15, 0.2) is 82.7 Å². The lowest BCUT2D eigenvalue weighted by molar-refractivity contribution is -0.128. The molecule has 1 aliphatic heterocycles. The Labute approximate surface area is 206 Å². The summed E-state index contributed by atoms with van der Waals surface area (Å²) in [6.45, 7) is 2.00. The molecular weight excluding hydrogens is 496 g/mol. The third-order valence-corrected chi connectivity index (χ3v) is 5.89. The Morgan fingerprint density at radius 2 is 1.88 bits per heavy atom. The van der Waals surface area contributed by atoms with Crippen LogP contribution in [0.2, 0.25) is 0 Å². The lowest BCUT2D eigenvalue weighted by atomic mass is 9.83. The molecule has 0 spiro atoms. The van der Waals surface area contributed by atoms with E-state index in [0.29, 0.717) is 22.8 Å². The summed E-state index contributed by atoms with van der Waals surface area (Å²) in [7, 11) is 1.57. The number of halogens is 1. The number of nitrogens with two attached hydrogens (primary N) is 1. The Morgan fingerprint density at radius 3 is 2.59 bits per heavy atom. The van der Waals surface area contributed by atoms with Gasteiger partial charge in [0.15, 0.2) is 0 Å². The molecule has 0 amide bonds. The van der Waals surface area contributed by atoms with Gasteiger partial charge in [-0.2, -0.15) is 5.26 Å². The first-order chi connectivity index (χ1) is 16.4. The summed E-state index contributed by atoms with van der Waals surface area (Å²) in [5.74, 6) is 0.264. The van der Waals surface area contributed by atoms with Crippen LogP contribution in [0.4, 0.5) is 0 Å². The highest BCUT2D eigenvalue weighted by atomic mass is 79.9. The normalized spacial score (nSPS) is 14.8. The minimum atomic E-state index is -0.525. The van der Waals surface area contributed by atoms with E-state index >= 15 is 0 Å². The molecule has 7 heteroatoms. The van der Waals surface area contributed by atoms with Crippen molar-refractivity contribution in [1.82, 2.24) is 0 Å². The summed E-state index contributed by atoms with van der Waals surface area (Å²) < 4.78 is 17.5. The molecule has 1 atom stereocenters. The molecule has 0 radical (unpaired) electrons. The molecule has 1 unspecified atom stereocenters. The molecule has 0 fully saturated rings. The standard InChI is InChI=1S/C27H21BrN2O4/c1-16-3-5-17(6-4-16)7-12-25(31)33-19-9-10-20-24(14-19)34-27(30)22(15-29)26(20)21-13-18(28)8-11-23(21)32-2/h3-14,26H,30H2,1-2H3/b12-7+. The van der Waals surface area contributed by atoms with Gasteiger partial charge < -0.3 is 19.9 Å². The molecule has 4 rings (SSSR count). The van der Waals surface area contributed by atoms with Gasteiger partial charge in [-0.3, -0.25) is 0 Å². The van der Waals surface area contributed by atoms with Crippen molar-refractivity contribution in [1.29, 1.82) is 5.26 Å². The van der Waals surface area contributed by atoms with Crippen molar-refractivity contribution < 1.29 is 19.0 Å². The summed E-state index contributed by atoms with van der Waals surface area (Å²) in [4.78, 5) is 12.3. The summed E-state index contributed by atoms with van der Waals surface area (Å²) >= 11 is 3.48. The van der Waals surface area contributed by atoms with E-state index in [1.165, 1.54) is 6.08 Å². The first-order valence-corrected chi connectivity index (χ1v) is 11.2. The van der Waals surface area contributed by atoms with E-state index in [-0.39, 0.29) is 11.5 Å². The summed E-state index contributed by atoms with van der Waals surface area (Å²) in [5.41, 5.74) is 9.87. The highest BCUT2D eigenvalue weighted by Crippen LogP contribution is 2.46. The number of carbonyl (C=O) groups excluding carboxylic acids is 1. The second-order valence-electron chi connectivity index (χ2n) is 7.68. The van der Waals surface area contributed by atoms with Crippen molar-refractivity contribution >= 4 is 28.0 Å². The minimum absolute atomic E-state index is 0.00947. The zero-order valence-electron chi connectivity index (χ0n) is 18.5. The van der Waals surface area contributed by atoms with Gasteiger partial charge in [-0.1, -0.05) is 51.8 Å². The molecule has 0 saturated heterocycles. The lowest BCUT2D eigenvalue weighted by Gasteiger charge is -2.27. The van der Waals surface area contributed by atoms with E-state index in [2.05, 4.69) is 22.0 Å². The lowest BCUT2D eigenvalue weighted by Crippen LogP contribution is -2.21. The van der Waals surface area contributed by atoms with Crippen molar-refractivity contribution in [3.63, 3.8) is 0 Å². The van der Waals surface area contributed by atoms with Crippen LogP contribution in [0.3, 0.4) is 0 Å². The average Bonchev–Trinajstić information content (AvgIpc) is 2.82. The Bertz CT molecular complexity index is 1350. The first-order valence-electron chi connectivity index (χ1n) is 10.4. The molecule has 0 bridgehead atoms. The Kier molecular flexibility index (Phi) is 6.71. The van der Waals surface area contributed by atoms with Gasteiger partial charge in [-0.05, 0) is 42.8 Å². The van der Waals surface area contributed by atoms with Crippen LogP contribution in [0.5, 0.6) is 17.2 Å². The molecule has 170 valence electrons. The van der Waals surface area contributed by atoms with Crippen molar-refractivity contribution in [2.45, 2.75) is 12.8 Å². The van der Waals surface area contributed by atoms with Gasteiger partial charge in [0.1, 0.15) is 28.9 Å². The number of esters is 1. The highest BCUT2D eigenvalue weighted by molar-refractivity contribution is 9.10. The van der Waals surface area contributed by atoms with Gasteiger partial charge in [0, 0.05) is 27.7 Å². The van der Waals surface area contributed by atoms with Crippen molar-refractivity contribution in [2.24, 2.45) is 5.73 Å². The van der Waals surface area contributed by atoms with Crippen LogP contribution in [-0.2, 0) is 4.79 Å². The SMILES string of the molecule is COc1ccc(Br)cc1C1C(C#N)=C(N)Oc2cc(OC(=O)/C=C/c3ccc(C)cc3)ccc21. The van der Waals surface area contributed by atoms with Crippen LogP contribution < -0.4 is 19.9 Å². The van der Waals surface area contributed by atoms with Crippen LogP contribution >= 0.6 is 15.9 Å². The summed E-state index contributed by atoms with van der Waals surface area (Å²) in [6, 6.07) is 20.5. The maximum absolute atomic E-state index is 12.3. The second kappa shape index (κ2) is 9.86. The number of hydrogen-bond acceptors (Lipinski definition) is 6. The van der Waals surface area contributed by atoms with E-state index < -0.39 is 11.9 Å². The van der Waals surface area contributed by atoms with E-state index in [1.807, 2.05) is 49.4 Å². The quantitative estimate of drug-likeness (QED) is 0.269. The number of nitrogens with zero attached hydrogens (tertiary/aromatic N) is 1. The van der Waals surface area contributed by atoms with Gasteiger partial charge in [0.25, 0.3) is 0 Å². The Balaban J connectivity index is 1.64. The summed E-state index contributed by atoms with van der Waals surface area (Å²) in [6.07, 6.45) is 3.05. The number of carbonyl (C=O) groups is 1. The third-order valence-electron chi connectivity index (χ3n) is 5.40. The van der Waals surface area contributed by atoms with Crippen molar-refractivity contribution in [2.75, 3.05) is 7.11 Å². The maximum atomic E-state index is 12.3. The van der Waals surface area contributed by atoms with Gasteiger partial charge >= 0.3 is 5.97 Å². The summed E-state index contributed by atoms with van der Waals surface area (Å²) in [5, 5.41) is 9.80. The van der Waals surface area contributed by atoms with Gasteiger partial charge in [-0.15, -0.1) is 0 Å². The van der Waals surface area contributed by atoms with Crippen molar-refractivity contribution in [3.05, 3.63) is 105 Å².